The minimum Gasteiger partial charge on any atom is -0.497 e. The molecule has 0 saturated carbocycles. The third-order valence-electron chi connectivity index (χ3n) is 7.11. The second-order valence-electron chi connectivity index (χ2n) is 8.53. The van der Waals surface area contributed by atoms with Crippen molar-refractivity contribution in [3.63, 3.8) is 0 Å². The predicted octanol–water partition coefficient (Wildman–Crippen LogP) is 4.04. The molecule has 1 aromatic carbocycles. The summed E-state index contributed by atoms with van der Waals surface area (Å²) in [5, 5.41) is 0. The second kappa shape index (κ2) is 8.82. The van der Waals surface area contributed by atoms with Crippen LogP contribution in [-0.2, 0) is 4.74 Å². The Balaban J connectivity index is 1.36. The molecule has 0 N–H and O–H groups in total. The zero-order valence-electron chi connectivity index (χ0n) is 17.9. The molecule has 1 amide bonds. The van der Waals surface area contributed by atoms with Gasteiger partial charge in [-0.25, -0.2) is 4.79 Å². The summed E-state index contributed by atoms with van der Waals surface area (Å²) in [4.78, 5) is 17.0. The highest BCUT2D eigenvalue weighted by Gasteiger charge is 2.45. The molecule has 29 heavy (non-hydrogen) atoms. The van der Waals surface area contributed by atoms with Crippen molar-refractivity contribution in [2.45, 2.75) is 69.5 Å². The summed E-state index contributed by atoms with van der Waals surface area (Å²) in [6.45, 7) is 4.57. The summed E-state index contributed by atoms with van der Waals surface area (Å²) in [5.74, 6) is 2.30. The van der Waals surface area contributed by atoms with Crippen LogP contribution in [0, 0.1) is 0 Å². The molecule has 6 heteroatoms. The smallest absolute Gasteiger partial charge is 0.410 e. The van der Waals surface area contributed by atoms with E-state index in [1.807, 2.05) is 24.0 Å². The zero-order chi connectivity index (χ0) is 20.4. The quantitative estimate of drug-likeness (QED) is 0.744. The van der Waals surface area contributed by atoms with Gasteiger partial charge < -0.3 is 24.0 Å². The van der Waals surface area contributed by atoms with Gasteiger partial charge in [-0.1, -0.05) is 6.07 Å². The Hall–Kier alpha value is -1.95. The topological polar surface area (TPSA) is 51.2 Å². The van der Waals surface area contributed by atoms with Crippen LogP contribution in [0.25, 0.3) is 0 Å². The third-order valence-corrected chi connectivity index (χ3v) is 7.11. The molecule has 0 unspecified atom stereocenters. The van der Waals surface area contributed by atoms with E-state index in [-0.39, 0.29) is 6.09 Å². The SMILES string of the molecule is CCOC(=O)N1[C@@H]2CC[C@@H]1CC(N1CCC(c3ccc(OC)cc3OC)CC1)C2. The number of nitrogens with zero attached hydrogens (tertiary/aromatic N) is 2. The minimum absolute atomic E-state index is 0.108. The van der Waals surface area contributed by atoms with E-state index in [2.05, 4.69) is 11.0 Å². The molecule has 3 heterocycles. The number of amides is 1. The van der Waals surface area contributed by atoms with Gasteiger partial charge in [0.25, 0.3) is 0 Å². The van der Waals surface area contributed by atoms with Gasteiger partial charge in [-0.05, 0) is 76.1 Å². The first kappa shape index (κ1) is 20.3. The van der Waals surface area contributed by atoms with Crippen LogP contribution in [0.15, 0.2) is 18.2 Å². The van der Waals surface area contributed by atoms with E-state index in [1.54, 1.807) is 14.2 Å². The first-order chi connectivity index (χ1) is 14.1. The van der Waals surface area contributed by atoms with E-state index in [9.17, 15) is 4.79 Å². The summed E-state index contributed by atoms with van der Waals surface area (Å²) >= 11 is 0. The summed E-state index contributed by atoms with van der Waals surface area (Å²) in [6.07, 6.45) is 6.62. The highest BCUT2D eigenvalue weighted by Crippen LogP contribution is 2.41. The van der Waals surface area contributed by atoms with Crippen molar-refractivity contribution in [3.8, 4) is 11.5 Å². The van der Waals surface area contributed by atoms with Crippen molar-refractivity contribution in [2.75, 3.05) is 33.9 Å². The maximum atomic E-state index is 12.3. The molecule has 0 aliphatic carbocycles. The summed E-state index contributed by atoms with van der Waals surface area (Å²) in [5.41, 5.74) is 1.30. The molecular formula is C23H34N2O4. The number of methoxy groups -OCH3 is 2. The van der Waals surface area contributed by atoms with Crippen molar-refractivity contribution in [3.05, 3.63) is 23.8 Å². The maximum absolute atomic E-state index is 12.3. The molecule has 2 bridgehead atoms. The number of rotatable bonds is 5. The van der Waals surface area contributed by atoms with Crippen molar-refractivity contribution in [2.24, 2.45) is 0 Å². The Morgan fingerprint density at radius 1 is 1.00 bits per heavy atom. The lowest BCUT2D eigenvalue weighted by atomic mass is 9.86. The molecule has 0 radical (unpaired) electrons. The fourth-order valence-electron chi connectivity index (χ4n) is 5.67. The van der Waals surface area contributed by atoms with Crippen LogP contribution < -0.4 is 9.47 Å². The molecule has 1 aromatic rings. The number of hydrogen-bond acceptors (Lipinski definition) is 5. The molecule has 3 fully saturated rings. The molecule has 3 aliphatic heterocycles. The lowest BCUT2D eigenvalue weighted by Crippen LogP contribution is -2.53. The highest BCUT2D eigenvalue weighted by molar-refractivity contribution is 5.69. The number of ether oxygens (including phenoxy) is 3. The molecule has 4 rings (SSSR count). The third kappa shape index (κ3) is 4.04. The Bertz CT molecular complexity index is 703. The van der Waals surface area contributed by atoms with E-state index in [1.165, 1.54) is 5.56 Å². The maximum Gasteiger partial charge on any atom is 0.410 e. The summed E-state index contributed by atoms with van der Waals surface area (Å²) in [7, 11) is 3.42. The first-order valence-corrected chi connectivity index (χ1v) is 11.1. The average Bonchev–Trinajstić information content (AvgIpc) is 3.03. The van der Waals surface area contributed by atoms with Crippen LogP contribution in [-0.4, -0.2) is 67.9 Å². The number of piperidine rings is 2. The van der Waals surface area contributed by atoms with Gasteiger partial charge in [0.1, 0.15) is 11.5 Å². The number of carbonyl (C=O) groups is 1. The van der Waals surface area contributed by atoms with Gasteiger partial charge in [-0.15, -0.1) is 0 Å². The van der Waals surface area contributed by atoms with Crippen LogP contribution in [0.2, 0.25) is 0 Å². The van der Waals surface area contributed by atoms with Crippen molar-refractivity contribution >= 4 is 6.09 Å². The molecule has 3 saturated heterocycles. The summed E-state index contributed by atoms with van der Waals surface area (Å²) < 4.78 is 16.3. The van der Waals surface area contributed by atoms with Gasteiger partial charge in [0.05, 0.1) is 20.8 Å². The molecular weight excluding hydrogens is 368 g/mol. The standard InChI is InChI=1S/C23H34N2O4/c1-4-29-23(26)25-17-5-6-18(25)14-19(13-17)24-11-9-16(10-12-24)21-8-7-20(27-2)15-22(21)28-3/h7-8,15-19H,4-6,9-14H2,1-3H3/t17-,18-/m1/s1. The van der Waals surface area contributed by atoms with Crippen molar-refractivity contribution < 1.29 is 19.0 Å². The largest absolute Gasteiger partial charge is 0.497 e. The Morgan fingerprint density at radius 2 is 1.69 bits per heavy atom. The van der Waals surface area contributed by atoms with Crippen LogP contribution in [0.3, 0.4) is 0 Å². The van der Waals surface area contributed by atoms with E-state index in [0.717, 1.165) is 63.1 Å². The number of fused-ring (bicyclic) bond motifs is 2. The van der Waals surface area contributed by atoms with Gasteiger partial charge in [-0.2, -0.15) is 0 Å². The Kier molecular flexibility index (Phi) is 6.18. The monoisotopic (exact) mass is 402 g/mol. The predicted molar refractivity (Wildman–Crippen MR) is 112 cm³/mol. The van der Waals surface area contributed by atoms with E-state index < -0.39 is 0 Å². The van der Waals surface area contributed by atoms with Crippen LogP contribution in [0.4, 0.5) is 4.79 Å². The lowest BCUT2D eigenvalue weighted by Gasteiger charge is -2.45. The zero-order valence-corrected chi connectivity index (χ0v) is 17.9. The van der Waals surface area contributed by atoms with E-state index >= 15 is 0 Å². The van der Waals surface area contributed by atoms with Crippen molar-refractivity contribution in [1.29, 1.82) is 0 Å². The molecule has 3 aliphatic rings. The number of likely N-dealkylation sites (tertiary alicyclic amines) is 1. The molecule has 0 aromatic heterocycles. The molecule has 2 atom stereocenters. The van der Waals surface area contributed by atoms with E-state index in [4.69, 9.17) is 14.2 Å². The minimum atomic E-state index is -0.108. The van der Waals surface area contributed by atoms with Gasteiger partial charge >= 0.3 is 6.09 Å². The molecule has 6 nitrogen and oxygen atoms in total. The number of carbonyl (C=O) groups excluding carboxylic acids is 1. The van der Waals surface area contributed by atoms with Crippen molar-refractivity contribution in [1.82, 2.24) is 9.80 Å². The molecule has 160 valence electrons. The second-order valence-corrected chi connectivity index (χ2v) is 8.53. The van der Waals surface area contributed by atoms with E-state index in [0.29, 0.717) is 30.7 Å². The Morgan fingerprint density at radius 3 is 2.28 bits per heavy atom. The summed E-state index contributed by atoms with van der Waals surface area (Å²) in [6, 6.07) is 7.50. The van der Waals surface area contributed by atoms with Crippen LogP contribution in [0.5, 0.6) is 11.5 Å². The van der Waals surface area contributed by atoms with Crippen LogP contribution in [0.1, 0.15) is 56.9 Å². The number of hydrogen-bond donors (Lipinski definition) is 0. The van der Waals surface area contributed by atoms with Gasteiger partial charge in [0.2, 0.25) is 0 Å². The van der Waals surface area contributed by atoms with Gasteiger partial charge in [-0.3, -0.25) is 0 Å². The Labute approximate surface area is 174 Å². The lowest BCUT2D eigenvalue weighted by molar-refractivity contribution is 0.0340. The van der Waals surface area contributed by atoms with Crippen LogP contribution >= 0.6 is 0 Å². The van der Waals surface area contributed by atoms with Gasteiger partial charge in [0.15, 0.2) is 0 Å². The average molecular weight is 403 g/mol. The first-order valence-electron chi connectivity index (χ1n) is 11.1. The fourth-order valence-corrected chi connectivity index (χ4v) is 5.67. The fraction of sp³-hybridized carbons (Fsp3) is 0.696. The van der Waals surface area contributed by atoms with Gasteiger partial charge in [0, 0.05) is 24.2 Å². The number of benzene rings is 1. The highest BCUT2D eigenvalue weighted by atomic mass is 16.6. The normalized spacial score (nSPS) is 27.7. The molecule has 0 spiro atoms.